The van der Waals surface area contributed by atoms with Gasteiger partial charge in [-0.15, -0.1) is 0 Å². The summed E-state index contributed by atoms with van der Waals surface area (Å²) in [6.45, 7) is 14.4. The zero-order valence-corrected chi connectivity index (χ0v) is 17.5. The third kappa shape index (κ3) is 8.86. The van der Waals surface area contributed by atoms with Crippen LogP contribution in [0.5, 0.6) is 5.88 Å². The van der Waals surface area contributed by atoms with Crippen molar-refractivity contribution < 1.29 is 19.1 Å². The minimum Gasteiger partial charge on any atom is -0.465 e. The summed E-state index contributed by atoms with van der Waals surface area (Å²) >= 11 is 1.33. The molecular formula is C18H32N2O4S. The minimum absolute atomic E-state index is 0.146. The summed E-state index contributed by atoms with van der Waals surface area (Å²) in [6.07, 6.45) is 5.74. The molecule has 1 aliphatic rings. The first-order valence-electron chi connectivity index (χ1n) is 8.79. The number of carbonyl (C=O) groups excluding carboxylic acids is 2. The van der Waals surface area contributed by atoms with Gasteiger partial charge in [-0.3, -0.25) is 9.59 Å². The van der Waals surface area contributed by atoms with E-state index in [0.29, 0.717) is 10.7 Å². The number of hydrogen-bond donors (Lipinski definition) is 0. The molecule has 0 saturated heterocycles. The zero-order valence-electron chi connectivity index (χ0n) is 16.7. The van der Waals surface area contributed by atoms with Gasteiger partial charge in [-0.2, -0.15) is 4.98 Å². The second kappa shape index (κ2) is 15.9. The van der Waals surface area contributed by atoms with Crippen molar-refractivity contribution >= 4 is 23.7 Å². The van der Waals surface area contributed by atoms with Gasteiger partial charge >= 0.3 is 11.9 Å². The van der Waals surface area contributed by atoms with Crippen molar-refractivity contribution in [2.45, 2.75) is 72.4 Å². The van der Waals surface area contributed by atoms with Crippen molar-refractivity contribution in [3.63, 3.8) is 0 Å². The average Bonchev–Trinajstić information content (AvgIpc) is 2.93. The van der Waals surface area contributed by atoms with Crippen molar-refractivity contribution in [3.05, 3.63) is 11.8 Å². The molecule has 144 valence electrons. The average molecular weight is 373 g/mol. The van der Waals surface area contributed by atoms with E-state index in [2.05, 4.69) is 37.7 Å². The maximum absolute atomic E-state index is 11.6. The van der Waals surface area contributed by atoms with E-state index in [0.717, 1.165) is 0 Å². The van der Waals surface area contributed by atoms with Crippen LogP contribution in [-0.2, 0) is 14.3 Å². The van der Waals surface area contributed by atoms with Gasteiger partial charge in [-0.1, -0.05) is 66.1 Å². The Bertz CT molecular complexity index is 508. The van der Waals surface area contributed by atoms with Gasteiger partial charge in [0.25, 0.3) is 0 Å². The van der Waals surface area contributed by atoms with E-state index >= 15 is 0 Å². The number of carbonyl (C=O) groups is 2. The normalized spacial score (nSPS) is 13.6. The van der Waals surface area contributed by atoms with Crippen LogP contribution in [0, 0.1) is 0 Å². The van der Waals surface area contributed by atoms with E-state index in [1.165, 1.54) is 30.8 Å². The predicted octanol–water partition coefficient (Wildman–Crippen LogP) is 4.62. The second-order valence-electron chi connectivity index (χ2n) is 4.64. The first-order valence-corrected chi connectivity index (χ1v) is 10.0. The first kappa shape index (κ1) is 25.6. The molecule has 2 rings (SSSR count). The van der Waals surface area contributed by atoms with Crippen LogP contribution in [0.4, 0.5) is 0 Å². The summed E-state index contributed by atoms with van der Waals surface area (Å²) in [5, 5.41) is 0.487. The van der Waals surface area contributed by atoms with Crippen LogP contribution in [0.2, 0.25) is 0 Å². The molecule has 6 nitrogen and oxygen atoms in total. The Morgan fingerprint density at radius 3 is 2.16 bits per heavy atom. The number of fused-ring (bicyclic) bond motifs is 1. The van der Waals surface area contributed by atoms with Crippen LogP contribution >= 0.6 is 11.8 Å². The summed E-state index contributed by atoms with van der Waals surface area (Å²) in [6, 6.07) is 0. The van der Waals surface area contributed by atoms with Crippen molar-refractivity contribution in [2.75, 3.05) is 12.9 Å². The molecule has 1 atom stereocenters. The van der Waals surface area contributed by atoms with Crippen molar-refractivity contribution in [1.29, 1.82) is 0 Å². The molecule has 0 bridgehead atoms. The molecule has 0 spiro atoms. The van der Waals surface area contributed by atoms with Gasteiger partial charge in [0.15, 0.2) is 11.1 Å². The molecule has 0 N–H and O–H groups in total. The maximum atomic E-state index is 11.6. The molecule has 1 aliphatic heterocycles. The summed E-state index contributed by atoms with van der Waals surface area (Å²) < 4.78 is 9.73. The fourth-order valence-electron chi connectivity index (χ4n) is 1.47. The van der Waals surface area contributed by atoms with Gasteiger partial charge in [0, 0.05) is 6.20 Å². The van der Waals surface area contributed by atoms with Crippen LogP contribution in [-0.4, -0.2) is 34.8 Å². The lowest BCUT2D eigenvalue weighted by Gasteiger charge is -2.05. The monoisotopic (exact) mass is 372 g/mol. The van der Waals surface area contributed by atoms with E-state index in [1.54, 1.807) is 13.2 Å². The van der Waals surface area contributed by atoms with E-state index in [1.807, 2.05) is 13.8 Å². The van der Waals surface area contributed by atoms with Gasteiger partial charge in [0.2, 0.25) is 5.88 Å². The Hall–Kier alpha value is -1.63. The highest BCUT2D eigenvalue weighted by Crippen LogP contribution is 2.34. The number of ether oxygens (including phenoxy) is 2. The Balaban J connectivity index is 0. The van der Waals surface area contributed by atoms with E-state index in [9.17, 15) is 9.59 Å². The highest BCUT2D eigenvalue weighted by atomic mass is 32.2. The topological polar surface area (TPSA) is 78.4 Å². The maximum Gasteiger partial charge on any atom is 0.331 e. The molecule has 0 saturated carbocycles. The highest BCUT2D eigenvalue weighted by molar-refractivity contribution is 7.98. The van der Waals surface area contributed by atoms with Crippen LogP contribution in [0.3, 0.4) is 0 Å². The molecule has 25 heavy (non-hydrogen) atoms. The quantitative estimate of drug-likeness (QED) is 0.331. The predicted molar refractivity (Wildman–Crippen MR) is 102 cm³/mol. The number of hydrogen-bond acceptors (Lipinski definition) is 7. The Kier molecular flexibility index (Phi) is 16.3. The smallest absolute Gasteiger partial charge is 0.331 e. The summed E-state index contributed by atoms with van der Waals surface area (Å²) in [4.78, 5) is 31.2. The van der Waals surface area contributed by atoms with Gasteiger partial charge in [0.05, 0.1) is 12.2 Å². The molecule has 1 unspecified atom stereocenters. The lowest BCUT2D eigenvalue weighted by Crippen LogP contribution is -2.22. The fraction of sp³-hybridized carbons (Fsp3) is 0.667. The summed E-state index contributed by atoms with van der Waals surface area (Å²) in [5.41, 5.74) is 0.367. The van der Waals surface area contributed by atoms with E-state index in [4.69, 9.17) is 9.47 Å². The van der Waals surface area contributed by atoms with E-state index in [-0.39, 0.29) is 12.5 Å². The number of nitrogens with zero attached hydrogens (tertiary/aromatic N) is 2. The van der Waals surface area contributed by atoms with Crippen LogP contribution in [0.1, 0.15) is 72.8 Å². The largest absolute Gasteiger partial charge is 0.465 e. The van der Waals surface area contributed by atoms with Gasteiger partial charge in [-0.05, 0) is 13.2 Å². The zero-order chi connectivity index (χ0) is 19.8. The molecular weight excluding hydrogens is 340 g/mol. The molecule has 1 aromatic heterocycles. The highest BCUT2D eigenvalue weighted by Gasteiger charge is 2.41. The Morgan fingerprint density at radius 2 is 1.72 bits per heavy atom. The summed E-state index contributed by atoms with van der Waals surface area (Å²) in [5.74, 6) is -2.20. The fourth-order valence-corrected chi connectivity index (χ4v) is 1.80. The minimum atomic E-state index is -1.05. The van der Waals surface area contributed by atoms with Gasteiger partial charge in [-0.25, -0.2) is 4.98 Å². The van der Waals surface area contributed by atoms with Crippen LogP contribution in [0.15, 0.2) is 11.4 Å². The third-order valence-electron chi connectivity index (χ3n) is 2.21. The lowest BCUT2D eigenvalue weighted by atomic mass is 10.1. The molecule has 7 heteroatoms. The van der Waals surface area contributed by atoms with Crippen molar-refractivity contribution in [3.8, 4) is 5.88 Å². The third-order valence-corrected chi connectivity index (χ3v) is 2.77. The molecule has 1 aromatic rings. The summed E-state index contributed by atoms with van der Waals surface area (Å²) in [7, 11) is 0. The SMILES string of the molecule is CC.CCC.CCC.CCOC(=O)C1C(=O)Oc2nc(SC)ncc21. The van der Waals surface area contributed by atoms with Crippen LogP contribution < -0.4 is 4.74 Å². The number of rotatable bonds is 3. The second-order valence-corrected chi connectivity index (χ2v) is 5.41. The number of esters is 2. The van der Waals surface area contributed by atoms with Crippen molar-refractivity contribution in [1.82, 2.24) is 9.97 Å². The standard InChI is InChI=1S/C10H10N2O4S.2C3H8.C2H6/c1-3-15-8(13)6-5-4-11-10(17-2)12-7(5)16-9(6)14;2*1-3-2;1-2/h4,6H,3H2,1-2H3;2*3H2,1-2H3;1-2H3. The molecule has 0 aromatic carbocycles. The Morgan fingerprint density at radius 1 is 1.20 bits per heavy atom. The van der Waals surface area contributed by atoms with Crippen LogP contribution in [0.25, 0.3) is 0 Å². The Labute approximate surface area is 156 Å². The molecule has 0 aliphatic carbocycles. The molecule has 2 heterocycles. The number of thioether (sulfide) groups is 1. The molecule has 0 amide bonds. The van der Waals surface area contributed by atoms with E-state index < -0.39 is 17.9 Å². The van der Waals surface area contributed by atoms with Crippen molar-refractivity contribution in [2.24, 2.45) is 0 Å². The van der Waals surface area contributed by atoms with Gasteiger partial charge in [0.1, 0.15) is 0 Å². The van der Waals surface area contributed by atoms with Gasteiger partial charge < -0.3 is 9.47 Å². The lowest BCUT2D eigenvalue weighted by molar-refractivity contribution is -0.151. The first-order chi connectivity index (χ1) is 12.0. The molecule has 0 radical (unpaired) electrons. The molecule has 0 fully saturated rings. The number of aromatic nitrogens is 2.